The second kappa shape index (κ2) is 24.8. The predicted octanol–water partition coefficient (Wildman–Crippen LogP) is 5.69. The molecule has 3 N–H and O–H groups in total. The highest BCUT2D eigenvalue weighted by molar-refractivity contribution is 6.39. The first-order chi connectivity index (χ1) is 29.9. The van der Waals surface area contributed by atoms with Crippen LogP contribution in [0.5, 0.6) is 0 Å². The molecular formula is C49H75NO13. The number of nitrogens with zero attached hydrogens (tertiary/aromatic N) is 1. The van der Waals surface area contributed by atoms with Gasteiger partial charge >= 0.3 is 5.97 Å². The number of piperidine rings is 1. The Morgan fingerprint density at radius 2 is 1.62 bits per heavy atom. The van der Waals surface area contributed by atoms with Crippen LogP contribution in [0.4, 0.5) is 0 Å². The molecule has 14 nitrogen and oxygen atoms in total. The molecular weight excluding hydrogens is 811 g/mol. The summed E-state index contributed by atoms with van der Waals surface area (Å²) in [4.78, 5) is 70.9. The van der Waals surface area contributed by atoms with Gasteiger partial charge in [0.15, 0.2) is 5.78 Å². The number of hydrogen-bond acceptors (Lipinski definition) is 13. The van der Waals surface area contributed by atoms with Gasteiger partial charge in [-0.2, -0.15) is 0 Å². The Kier molecular flexibility index (Phi) is 20.6. The summed E-state index contributed by atoms with van der Waals surface area (Å²) in [5.74, 6) is -7.16. The number of ether oxygens (including phenoxy) is 5. The molecule has 0 aromatic heterocycles. The standard InChI is InChI=1S/C49H75NO13/c1-30-16-12-10-9-11-13-17-31(2)43(53)45(61-8)44(54)32(3)19-22-36(51)28-41(33(4)26-35-21-24-39(52)42(27-35)60-7)62-48(57)38-18-14-15-25-50(38)47(56)46(55)49(58)34(5)20-23-37(63-49)29-40(30)59-6/h9-12,16,19,31,33-35,37-42,44-45,52,54,58H,13-15,17-18,20-29H2,1-8H3/b11-9+,12-10+,30-16+,32-19+/t31-,33-,34-,35+,37+,38+,39-,40+,41+,42-,44-,45+,49-/m1/s1. The van der Waals surface area contributed by atoms with Crippen LogP contribution in [-0.2, 0) is 47.7 Å². The van der Waals surface area contributed by atoms with E-state index in [9.17, 15) is 39.3 Å². The molecule has 3 aliphatic heterocycles. The molecule has 3 heterocycles. The second-order valence-corrected chi connectivity index (χ2v) is 18.5. The highest BCUT2D eigenvalue weighted by Gasteiger charge is 2.53. The number of esters is 1. The molecule has 0 unspecified atom stereocenters. The van der Waals surface area contributed by atoms with Gasteiger partial charge in [-0.3, -0.25) is 19.2 Å². The molecule has 0 aromatic carbocycles. The Labute approximate surface area is 374 Å². The zero-order valence-electron chi connectivity index (χ0n) is 38.9. The number of amides is 1. The molecule has 1 saturated carbocycles. The van der Waals surface area contributed by atoms with Gasteiger partial charge in [0, 0.05) is 59.0 Å². The fraction of sp³-hybridized carbons (Fsp3) is 0.735. The third-order valence-corrected chi connectivity index (χ3v) is 13.9. The van der Waals surface area contributed by atoms with Crippen molar-refractivity contribution in [3.63, 3.8) is 0 Å². The number of allylic oxidation sites excluding steroid dienone is 6. The molecule has 4 rings (SSSR count). The van der Waals surface area contributed by atoms with Gasteiger partial charge in [0.05, 0.1) is 24.4 Å². The van der Waals surface area contributed by atoms with Gasteiger partial charge in [-0.05, 0) is 107 Å². The number of hydrogen-bond donors (Lipinski definition) is 3. The summed E-state index contributed by atoms with van der Waals surface area (Å²) < 4.78 is 29.2. The lowest BCUT2D eigenvalue weighted by molar-refractivity contribution is -0.265. The molecule has 14 heteroatoms. The Balaban J connectivity index is 1.66. The maximum atomic E-state index is 14.3. The summed E-state index contributed by atoms with van der Waals surface area (Å²) in [5.41, 5.74) is 1.27. The van der Waals surface area contributed by atoms with Gasteiger partial charge in [-0.15, -0.1) is 0 Å². The first-order valence-electron chi connectivity index (χ1n) is 23.1. The molecule has 354 valence electrons. The molecule has 13 atom stereocenters. The van der Waals surface area contributed by atoms with E-state index in [4.69, 9.17) is 23.7 Å². The van der Waals surface area contributed by atoms with Crippen LogP contribution in [0, 0.1) is 23.7 Å². The number of methoxy groups -OCH3 is 3. The fourth-order valence-corrected chi connectivity index (χ4v) is 9.51. The lowest BCUT2D eigenvalue weighted by Crippen LogP contribution is -2.61. The van der Waals surface area contributed by atoms with Crippen LogP contribution >= 0.6 is 0 Å². The largest absolute Gasteiger partial charge is 0.460 e. The zero-order valence-corrected chi connectivity index (χ0v) is 38.9. The molecule has 1 amide bonds. The van der Waals surface area contributed by atoms with Crippen molar-refractivity contribution in [2.75, 3.05) is 27.9 Å². The third kappa shape index (κ3) is 14.1. The number of rotatable bonds is 6. The molecule has 0 radical (unpaired) electrons. The highest BCUT2D eigenvalue weighted by Crippen LogP contribution is 2.37. The molecule has 2 bridgehead atoms. The van der Waals surface area contributed by atoms with Gasteiger partial charge < -0.3 is 43.9 Å². The number of ketones is 3. The summed E-state index contributed by atoms with van der Waals surface area (Å²) in [6.07, 6.45) is 11.7. The summed E-state index contributed by atoms with van der Waals surface area (Å²) >= 11 is 0. The fourth-order valence-electron chi connectivity index (χ4n) is 9.51. The number of carbonyl (C=O) groups excluding carboxylic acids is 5. The predicted molar refractivity (Wildman–Crippen MR) is 236 cm³/mol. The van der Waals surface area contributed by atoms with Gasteiger partial charge in [0.25, 0.3) is 11.7 Å². The Hall–Kier alpha value is -3.37. The second-order valence-electron chi connectivity index (χ2n) is 18.5. The first-order valence-corrected chi connectivity index (χ1v) is 23.1. The maximum Gasteiger partial charge on any atom is 0.329 e. The monoisotopic (exact) mass is 886 g/mol. The van der Waals surface area contributed by atoms with E-state index in [-0.39, 0.29) is 55.3 Å². The van der Waals surface area contributed by atoms with Crippen LogP contribution in [0.3, 0.4) is 0 Å². The normalized spacial score (nSPS) is 38.9. The summed E-state index contributed by atoms with van der Waals surface area (Å²) in [6.45, 7) is 9.02. The average Bonchev–Trinajstić information content (AvgIpc) is 3.27. The number of aliphatic hydroxyl groups excluding tert-OH is 2. The molecule has 63 heavy (non-hydrogen) atoms. The minimum Gasteiger partial charge on any atom is -0.460 e. The summed E-state index contributed by atoms with van der Waals surface area (Å²) in [5, 5.41) is 33.6. The smallest absolute Gasteiger partial charge is 0.329 e. The average molecular weight is 886 g/mol. The van der Waals surface area contributed by atoms with E-state index in [2.05, 4.69) is 0 Å². The Morgan fingerprint density at radius 3 is 2.32 bits per heavy atom. The van der Waals surface area contributed by atoms with Crippen molar-refractivity contribution < 1.29 is 63.0 Å². The van der Waals surface area contributed by atoms with Gasteiger partial charge in [-0.1, -0.05) is 57.2 Å². The number of carbonyl (C=O) groups is 5. The molecule has 2 saturated heterocycles. The molecule has 4 aliphatic rings. The van der Waals surface area contributed by atoms with E-state index < -0.39 is 77.9 Å². The summed E-state index contributed by atoms with van der Waals surface area (Å²) in [6, 6.07) is -1.13. The van der Waals surface area contributed by atoms with Crippen LogP contribution in [0.25, 0.3) is 0 Å². The Morgan fingerprint density at radius 1 is 0.873 bits per heavy atom. The quantitative estimate of drug-likeness (QED) is 0.168. The molecule has 0 spiro atoms. The van der Waals surface area contributed by atoms with Crippen LogP contribution in [0.15, 0.2) is 47.6 Å². The van der Waals surface area contributed by atoms with E-state index in [1.165, 1.54) is 12.0 Å². The van der Waals surface area contributed by atoms with Crippen LogP contribution in [0.1, 0.15) is 125 Å². The van der Waals surface area contributed by atoms with Crippen molar-refractivity contribution in [3.05, 3.63) is 47.6 Å². The van der Waals surface area contributed by atoms with Crippen molar-refractivity contribution in [1.82, 2.24) is 4.90 Å². The number of Topliss-reactive ketones (excluding diaryl/α,β-unsaturated/α-hetero) is 3. The molecule has 3 fully saturated rings. The topological polar surface area (TPSA) is 195 Å². The van der Waals surface area contributed by atoms with E-state index in [0.29, 0.717) is 69.8 Å². The highest BCUT2D eigenvalue weighted by atomic mass is 16.6. The van der Waals surface area contributed by atoms with Crippen LogP contribution in [0.2, 0.25) is 0 Å². The van der Waals surface area contributed by atoms with Crippen molar-refractivity contribution >= 4 is 29.2 Å². The van der Waals surface area contributed by atoms with E-state index in [1.807, 2.05) is 44.2 Å². The maximum absolute atomic E-state index is 14.3. The third-order valence-electron chi connectivity index (χ3n) is 13.9. The SMILES string of the molecule is CO[C@H]1C[C@@H]2CC[C@@H](C)[C@@](O)(O2)C(=O)C(=O)N2CCCC[C@H]2C(=O)O[C@H]([C@H](C)C[C@@H]2CC[C@@H](O)[C@H](OC)C2)CC(=O)C/C=C(\C)[C@@H](O)[C@@H](OC)C(=O)[C@H](C)CC/C=C/C=C/C=C/1C. The zero-order chi connectivity index (χ0) is 46.4. The van der Waals surface area contributed by atoms with Gasteiger partial charge in [-0.25, -0.2) is 4.79 Å². The van der Waals surface area contributed by atoms with Gasteiger partial charge in [0.1, 0.15) is 30.1 Å². The number of aliphatic hydroxyl groups is 3. The summed E-state index contributed by atoms with van der Waals surface area (Å²) in [7, 11) is 4.51. The lowest BCUT2D eigenvalue weighted by Gasteiger charge is -2.42. The minimum atomic E-state index is -2.42. The number of cyclic esters (lactones) is 1. The van der Waals surface area contributed by atoms with Crippen LogP contribution in [-0.4, -0.2) is 132 Å². The Bertz CT molecular complexity index is 1690. The van der Waals surface area contributed by atoms with Crippen molar-refractivity contribution in [2.45, 2.75) is 179 Å². The number of fused-ring (bicyclic) bond motifs is 3. The van der Waals surface area contributed by atoms with E-state index in [0.717, 1.165) is 12.0 Å². The van der Waals surface area contributed by atoms with Crippen molar-refractivity contribution in [2.24, 2.45) is 23.7 Å². The first kappa shape index (κ1) is 52.3. The minimum absolute atomic E-state index is 0.0920. The van der Waals surface area contributed by atoms with E-state index in [1.54, 1.807) is 41.1 Å². The molecule has 0 aromatic rings. The van der Waals surface area contributed by atoms with Crippen molar-refractivity contribution in [3.8, 4) is 0 Å². The molecule has 1 aliphatic carbocycles. The lowest BCUT2D eigenvalue weighted by atomic mass is 9.78. The van der Waals surface area contributed by atoms with Crippen LogP contribution < -0.4 is 0 Å². The van der Waals surface area contributed by atoms with E-state index >= 15 is 0 Å². The van der Waals surface area contributed by atoms with Gasteiger partial charge in [0.2, 0.25) is 5.79 Å². The van der Waals surface area contributed by atoms with Crippen molar-refractivity contribution in [1.29, 1.82) is 0 Å².